The Bertz CT molecular complexity index is 661. The molecule has 0 aromatic heterocycles. The third-order valence-corrected chi connectivity index (χ3v) is 5.22. The summed E-state index contributed by atoms with van der Waals surface area (Å²) in [5.41, 5.74) is 2.22. The number of nitrogens with one attached hydrogen (secondary N) is 2. The van der Waals surface area contributed by atoms with E-state index in [0.29, 0.717) is 25.6 Å². The molecule has 26 heavy (non-hydrogen) atoms. The zero-order chi connectivity index (χ0) is 17.3. The summed E-state index contributed by atoms with van der Waals surface area (Å²) in [7, 11) is 0. The van der Waals surface area contributed by atoms with Crippen molar-refractivity contribution in [1.29, 1.82) is 0 Å². The standard InChI is InChI=1S/C20H24N2O2S.ClH/c23-20(12-18-15-25-11-10-21-18)22-13-16-6-8-19(9-7-16)24-14-17-4-2-1-3-5-17;/h1-9,18,21H,10-15H2,(H,22,23);1H. The van der Waals surface area contributed by atoms with Gasteiger partial charge in [0.15, 0.2) is 0 Å². The molecule has 1 saturated heterocycles. The largest absolute Gasteiger partial charge is 0.489 e. The Morgan fingerprint density at radius 1 is 1.12 bits per heavy atom. The zero-order valence-electron chi connectivity index (χ0n) is 14.6. The van der Waals surface area contributed by atoms with E-state index in [1.54, 1.807) is 0 Å². The van der Waals surface area contributed by atoms with Crippen molar-refractivity contribution in [2.75, 3.05) is 18.1 Å². The highest BCUT2D eigenvalue weighted by Crippen LogP contribution is 2.14. The lowest BCUT2D eigenvalue weighted by Gasteiger charge is -2.22. The molecule has 0 bridgehead atoms. The Labute approximate surface area is 165 Å². The van der Waals surface area contributed by atoms with Crippen molar-refractivity contribution in [1.82, 2.24) is 10.6 Å². The van der Waals surface area contributed by atoms with Crippen LogP contribution in [0.25, 0.3) is 0 Å². The molecule has 3 rings (SSSR count). The topological polar surface area (TPSA) is 50.4 Å². The molecule has 2 aromatic rings. The molecule has 2 aromatic carbocycles. The number of hydrogen-bond acceptors (Lipinski definition) is 4. The molecule has 4 nitrogen and oxygen atoms in total. The van der Waals surface area contributed by atoms with E-state index >= 15 is 0 Å². The molecular weight excluding hydrogens is 368 g/mol. The Balaban J connectivity index is 0.00000243. The van der Waals surface area contributed by atoms with Crippen LogP contribution < -0.4 is 15.4 Å². The van der Waals surface area contributed by atoms with Crippen LogP contribution in [-0.4, -0.2) is 30.0 Å². The minimum Gasteiger partial charge on any atom is -0.489 e. The molecule has 0 aliphatic carbocycles. The van der Waals surface area contributed by atoms with Gasteiger partial charge in [-0.2, -0.15) is 11.8 Å². The first-order valence-corrected chi connectivity index (χ1v) is 9.78. The number of amides is 1. The molecule has 0 radical (unpaired) electrons. The summed E-state index contributed by atoms with van der Waals surface area (Å²) in [5.74, 6) is 3.09. The van der Waals surface area contributed by atoms with Crippen molar-refractivity contribution in [3.8, 4) is 5.75 Å². The normalized spacial score (nSPS) is 16.4. The van der Waals surface area contributed by atoms with Crippen molar-refractivity contribution < 1.29 is 9.53 Å². The molecule has 1 unspecified atom stereocenters. The summed E-state index contributed by atoms with van der Waals surface area (Å²) >= 11 is 1.91. The second kappa shape index (κ2) is 11.1. The first kappa shape index (κ1) is 20.6. The maximum Gasteiger partial charge on any atom is 0.221 e. The Morgan fingerprint density at radius 3 is 2.58 bits per heavy atom. The fourth-order valence-corrected chi connectivity index (χ4v) is 3.64. The smallest absolute Gasteiger partial charge is 0.221 e. The fourth-order valence-electron chi connectivity index (χ4n) is 2.69. The van der Waals surface area contributed by atoms with Gasteiger partial charge in [0.1, 0.15) is 12.4 Å². The van der Waals surface area contributed by atoms with E-state index in [9.17, 15) is 4.79 Å². The van der Waals surface area contributed by atoms with Crippen LogP contribution in [0.15, 0.2) is 54.6 Å². The van der Waals surface area contributed by atoms with Crippen LogP contribution in [0.2, 0.25) is 0 Å². The summed E-state index contributed by atoms with van der Waals surface area (Å²) in [4.78, 5) is 12.0. The summed E-state index contributed by atoms with van der Waals surface area (Å²) in [6.45, 7) is 2.11. The van der Waals surface area contributed by atoms with Gasteiger partial charge in [0.05, 0.1) is 0 Å². The number of carbonyl (C=O) groups is 1. The quantitative estimate of drug-likeness (QED) is 0.758. The van der Waals surface area contributed by atoms with Gasteiger partial charge in [-0.05, 0) is 23.3 Å². The van der Waals surface area contributed by atoms with Crippen molar-refractivity contribution in [2.45, 2.75) is 25.6 Å². The van der Waals surface area contributed by atoms with E-state index in [0.717, 1.165) is 34.9 Å². The summed E-state index contributed by atoms with van der Waals surface area (Å²) in [5, 5.41) is 6.38. The van der Waals surface area contributed by atoms with Crippen LogP contribution in [0.4, 0.5) is 0 Å². The summed E-state index contributed by atoms with van der Waals surface area (Å²) in [6, 6.07) is 18.3. The number of hydrogen-bond donors (Lipinski definition) is 2. The maximum absolute atomic E-state index is 12.0. The number of thioether (sulfide) groups is 1. The van der Waals surface area contributed by atoms with Gasteiger partial charge in [-0.3, -0.25) is 4.79 Å². The van der Waals surface area contributed by atoms with Gasteiger partial charge in [-0.1, -0.05) is 42.5 Å². The summed E-state index contributed by atoms with van der Waals surface area (Å²) < 4.78 is 5.78. The molecule has 2 N–H and O–H groups in total. The summed E-state index contributed by atoms with van der Waals surface area (Å²) in [6.07, 6.45) is 0.547. The lowest BCUT2D eigenvalue weighted by molar-refractivity contribution is -0.121. The lowest BCUT2D eigenvalue weighted by atomic mass is 10.2. The number of halogens is 1. The van der Waals surface area contributed by atoms with Crippen LogP contribution in [0.1, 0.15) is 17.5 Å². The molecule has 1 atom stereocenters. The number of carbonyl (C=O) groups excluding carboxylic acids is 1. The highest BCUT2D eigenvalue weighted by Gasteiger charge is 2.16. The predicted octanol–water partition coefficient (Wildman–Crippen LogP) is 3.40. The van der Waals surface area contributed by atoms with Crippen LogP contribution in [0, 0.1) is 0 Å². The first-order chi connectivity index (χ1) is 12.3. The molecule has 1 aliphatic heterocycles. The third-order valence-electron chi connectivity index (χ3n) is 4.09. The highest BCUT2D eigenvalue weighted by atomic mass is 35.5. The Hall–Kier alpha value is -1.69. The van der Waals surface area contributed by atoms with Crippen LogP contribution in [0.5, 0.6) is 5.75 Å². The zero-order valence-corrected chi connectivity index (χ0v) is 16.3. The van der Waals surface area contributed by atoms with Crippen molar-refractivity contribution >= 4 is 30.1 Å². The van der Waals surface area contributed by atoms with Gasteiger partial charge in [0.2, 0.25) is 5.91 Å². The third kappa shape index (κ3) is 6.90. The predicted molar refractivity (Wildman–Crippen MR) is 110 cm³/mol. The maximum atomic E-state index is 12.0. The van der Waals surface area contributed by atoms with Gasteiger partial charge < -0.3 is 15.4 Å². The second-order valence-corrected chi connectivity index (χ2v) is 7.27. The van der Waals surface area contributed by atoms with E-state index in [4.69, 9.17) is 4.74 Å². The molecule has 1 heterocycles. The minimum atomic E-state index is 0. The average Bonchev–Trinajstić information content (AvgIpc) is 2.67. The highest BCUT2D eigenvalue weighted by molar-refractivity contribution is 7.99. The number of benzene rings is 2. The van der Waals surface area contributed by atoms with Crippen molar-refractivity contribution in [3.05, 3.63) is 65.7 Å². The van der Waals surface area contributed by atoms with E-state index in [1.807, 2.05) is 66.4 Å². The van der Waals surface area contributed by atoms with Crippen LogP contribution in [-0.2, 0) is 17.9 Å². The minimum absolute atomic E-state index is 0. The molecule has 6 heteroatoms. The SMILES string of the molecule is Cl.O=C(CC1CSCCN1)NCc1ccc(OCc2ccccc2)cc1. The molecular formula is C20H25ClN2O2S. The van der Waals surface area contributed by atoms with E-state index < -0.39 is 0 Å². The molecule has 0 saturated carbocycles. The Kier molecular flexibility index (Phi) is 8.81. The second-order valence-electron chi connectivity index (χ2n) is 6.13. The number of rotatable bonds is 7. The Morgan fingerprint density at radius 2 is 1.88 bits per heavy atom. The van der Waals surface area contributed by atoms with Crippen LogP contribution in [0.3, 0.4) is 0 Å². The van der Waals surface area contributed by atoms with Gasteiger partial charge in [0, 0.05) is 37.1 Å². The van der Waals surface area contributed by atoms with E-state index in [1.165, 1.54) is 0 Å². The number of ether oxygens (including phenoxy) is 1. The van der Waals surface area contributed by atoms with Gasteiger partial charge in [-0.15, -0.1) is 12.4 Å². The van der Waals surface area contributed by atoms with Crippen molar-refractivity contribution in [3.63, 3.8) is 0 Å². The monoisotopic (exact) mass is 392 g/mol. The lowest BCUT2D eigenvalue weighted by Crippen LogP contribution is -2.41. The average molecular weight is 393 g/mol. The first-order valence-electron chi connectivity index (χ1n) is 8.63. The van der Waals surface area contributed by atoms with E-state index in [2.05, 4.69) is 10.6 Å². The molecule has 1 amide bonds. The van der Waals surface area contributed by atoms with Gasteiger partial charge in [0.25, 0.3) is 0 Å². The van der Waals surface area contributed by atoms with Gasteiger partial charge >= 0.3 is 0 Å². The molecule has 0 spiro atoms. The van der Waals surface area contributed by atoms with E-state index in [-0.39, 0.29) is 18.3 Å². The van der Waals surface area contributed by atoms with Crippen LogP contribution >= 0.6 is 24.2 Å². The van der Waals surface area contributed by atoms with Gasteiger partial charge in [-0.25, -0.2) is 0 Å². The van der Waals surface area contributed by atoms with Crippen molar-refractivity contribution in [2.24, 2.45) is 0 Å². The molecule has 1 aliphatic rings. The molecule has 1 fully saturated rings. The molecule has 140 valence electrons. The fraction of sp³-hybridized carbons (Fsp3) is 0.350.